The Labute approximate surface area is 178 Å². The number of amides is 2. The van der Waals surface area contributed by atoms with Gasteiger partial charge in [-0.25, -0.2) is 17.5 Å². The van der Waals surface area contributed by atoms with Gasteiger partial charge in [-0.05, 0) is 12.1 Å². The summed E-state index contributed by atoms with van der Waals surface area (Å²) in [6.07, 6.45) is -0.325. The van der Waals surface area contributed by atoms with Gasteiger partial charge in [-0.15, -0.1) is 0 Å². The first-order valence-corrected chi connectivity index (χ1v) is 10.5. The second-order valence-electron chi connectivity index (χ2n) is 6.42. The maximum absolute atomic E-state index is 12.6. The Hall–Kier alpha value is -3.60. The third kappa shape index (κ3) is 4.04. The number of fused-ring (bicyclic) bond motifs is 1. The van der Waals surface area contributed by atoms with E-state index in [9.17, 15) is 22.8 Å². The first-order valence-electron chi connectivity index (χ1n) is 9.04. The largest absolute Gasteiger partial charge is 0.493 e. The summed E-state index contributed by atoms with van der Waals surface area (Å²) in [5.74, 6) is -1.50. The van der Waals surface area contributed by atoms with Crippen LogP contribution < -0.4 is 14.8 Å². The molecule has 1 heterocycles. The van der Waals surface area contributed by atoms with Gasteiger partial charge in [-0.3, -0.25) is 9.59 Å². The van der Waals surface area contributed by atoms with Crippen molar-refractivity contribution in [2.45, 2.75) is 11.3 Å². The van der Waals surface area contributed by atoms with E-state index in [1.54, 1.807) is 6.07 Å². The molecule has 0 radical (unpaired) electrons. The lowest BCUT2D eigenvalue weighted by Crippen LogP contribution is -2.33. The van der Waals surface area contributed by atoms with Crippen molar-refractivity contribution < 1.29 is 37.0 Å². The van der Waals surface area contributed by atoms with Crippen molar-refractivity contribution in [3.05, 3.63) is 47.5 Å². The van der Waals surface area contributed by atoms with Crippen LogP contribution >= 0.6 is 0 Å². The molecule has 11 heteroatoms. The summed E-state index contributed by atoms with van der Waals surface area (Å²) >= 11 is 0. The summed E-state index contributed by atoms with van der Waals surface area (Å²) in [6, 6.07) is 8.58. The lowest BCUT2D eigenvalue weighted by atomic mass is 10.1. The summed E-state index contributed by atoms with van der Waals surface area (Å²) < 4.78 is 40.9. The van der Waals surface area contributed by atoms with Crippen molar-refractivity contribution in [2.24, 2.45) is 0 Å². The van der Waals surface area contributed by atoms with Crippen LogP contribution in [0.2, 0.25) is 0 Å². The Kier molecular flexibility index (Phi) is 6.16. The average Bonchev–Trinajstić information content (AvgIpc) is 2.96. The molecule has 0 unspecified atom stereocenters. The zero-order valence-corrected chi connectivity index (χ0v) is 17.8. The van der Waals surface area contributed by atoms with E-state index in [1.165, 1.54) is 51.7 Å². The second-order valence-corrected chi connectivity index (χ2v) is 8.25. The normalized spacial score (nSPS) is 14.0. The number of carbonyl (C=O) groups excluding carboxylic acids is 3. The molecule has 1 aliphatic rings. The van der Waals surface area contributed by atoms with Gasteiger partial charge in [0.2, 0.25) is 5.91 Å². The number of ether oxygens (including phenoxy) is 3. The number of nitrogens with zero attached hydrogens (tertiary/aromatic N) is 1. The number of rotatable bonds is 7. The van der Waals surface area contributed by atoms with Gasteiger partial charge in [0.25, 0.3) is 15.9 Å². The van der Waals surface area contributed by atoms with E-state index in [0.29, 0.717) is 4.31 Å². The monoisotopic (exact) mass is 448 g/mol. The first-order chi connectivity index (χ1) is 14.7. The smallest absolute Gasteiger partial charge is 0.340 e. The van der Waals surface area contributed by atoms with Gasteiger partial charge in [-0.1, -0.05) is 12.1 Å². The number of hydrogen-bond donors (Lipinski definition) is 1. The van der Waals surface area contributed by atoms with Crippen molar-refractivity contribution in [2.75, 3.05) is 33.2 Å². The Balaban J connectivity index is 1.79. The van der Waals surface area contributed by atoms with Crippen molar-refractivity contribution >= 4 is 33.5 Å². The number of nitrogens with one attached hydrogen (secondary N) is 1. The molecule has 1 aliphatic heterocycles. The molecule has 0 spiro atoms. The summed E-state index contributed by atoms with van der Waals surface area (Å²) in [5.41, 5.74) is 0.176. The average molecular weight is 448 g/mol. The SMILES string of the molecule is COC(=O)c1cc(OC)c(OC)cc1NC(=O)CCN1C(=O)c2ccccc2S1(=O)=O. The fraction of sp³-hybridized carbons (Fsp3) is 0.250. The van der Waals surface area contributed by atoms with E-state index in [0.717, 1.165) is 0 Å². The minimum absolute atomic E-state index is 0.0192. The van der Waals surface area contributed by atoms with Gasteiger partial charge in [0, 0.05) is 25.1 Å². The minimum atomic E-state index is -4.02. The molecule has 31 heavy (non-hydrogen) atoms. The van der Waals surface area contributed by atoms with Crippen molar-refractivity contribution in [1.82, 2.24) is 4.31 Å². The summed E-state index contributed by atoms with van der Waals surface area (Å²) in [5, 5.41) is 2.53. The van der Waals surface area contributed by atoms with E-state index in [-0.39, 0.29) is 46.2 Å². The number of benzene rings is 2. The molecule has 1 N–H and O–H groups in total. The van der Waals surface area contributed by atoms with Gasteiger partial charge >= 0.3 is 5.97 Å². The zero-order valence-electron chi connectivity index (χ0n) is 17.0. The third-order valence-corrected chi connectivity index (χ3v) is 6.50. The Bertz CT molecular complexity index is 1160. The number of sulfonamides is 1. The number of methoxy groups -OCH3 is 3. The standard InChI is InChI=1S/C20H20N2O8S/c1-28-15-10-13(20(25)30-3)14(11-16(15)29-2)21-18(23)8-9-22-19(24)12-6-4-5-7-17(12)31(22,26)27/h4-7,10-11H,8-9H2,1-3H3,(H,21,23). The molecular weight excluding hydrogens is 428 g/mol. The predicted octanol–water partition coefficient (Wildman–Crippen LogP) is 1.66. The molecule has 164 valence electrons. The van der Waals surface area contributed by atoms with Crippen LogP contribution in [0.4, 0.5) is 5.69 Å². The summed E-state index contributed by atoms with van der Waals surface area (Å²) in [7, 11) is -0.0463. The quantitative estimate of drug-likeness (QED) is 0.634. The highest BCUT2D eigenvalue weighted by atomic mass is 32.2. The van der Waals surface area contributed by atoms with E-state index < -0.39 is 27.8 Å². The predicted molar refractivity (Wildman–Crippen MR) is 109 cm³/mol. The van der Waals surface area contributed by atoms with Crippen molar-refractivity contribution in [1.29, 1.82) is 0 Å². The second kappa shape index (κ2) is 8.64. The van der Waals surface area contributed by atoms with Crippen LogP contribution in [0.3, 0.4) is 0 Å². The molecule has 0 aliphatic carbocycles. The zero-order chi connectivity index (χ0) is 22.8. The van der Waals surface area contributed by atoms with Crippen molar-refractivity contribution in [3.8, 4) is 11.5 Å². The maximum atomic E-state index is 12.6. The van der Waals surface area contributed by atoms with Crippen LogP contribution in [0.5, 0.6) is 11.5 Å². The van der Waals surface area contributed by atoms with Crippen LogP contribution in [-0.4, -0.2) is 58.4 Å². The van der Waals surface area contributed by atoms with Crippen LogP contribution in [0.15, 0.2) is 41.3 Å². The Morgan fingerprint density at radius 3 is 2.29 bits per heavy atom. The third-order valence-electron chi connectivity index (χ3n) is 4.66. The molecule has 0 fully saturated rings. The molecule has 0 atom stereocenters. The summed E-state index contributed by atoms with van der Waals surface area (Å²) in [6.45, 7) is -0.359. The number of hydrogen-bond acceptors (Lipinski definition) is 8. The molecule has 2 aromatic rings. The molecule has 0 saturated carbocycles. The first kappa shape index (κ1) is 22.1. The molecule has 0 saturated heterocycles. The van der Waals surface area contributed by atoms with Crippen LogP contribution in [0.25, 0.3) is 0 Å². The highest BCUT2D eigenvalue weighted by Crippen LogP contribution is 2.34. The topological polar surface area (TPSA) is 128 Å². The highest BCUT2D eigenvalue weighted by Gasteiger charge is 2.40. The maximum Gasteiger partial charge on any atom is 0.340 e. The van der Waals surface area contributed by atoms with Crippen LogP contribution in [0.1, 0.15) is 27.1 Å². The molecular formula is C20H20N2O8S. The lowest BCUT2D eigenvalue weighted by molar-refractivity contribution is -0.116. The number of esters is 1. The molecule has 2 aromatic carbocycles. The Morgan fingerprint density at radius 1 is 1.03 bits per heavy atom. The van der Waals surface area contributed by atoms with Gasteiger partial charge in [0.05, 0.1) is 38.1 Å². The van der Waals surface area contributed by atoms with Gasteiger partial charge < -0.3 is 19.5 Å². The van der Waals surface area contributed by atoms with E-state index in [1.807, 2.05) is 0 Å². The molecule has 3 rings (SSSR count). The van der Waals surface area contributed by atoms with Crippen LogP contribution in [-0.2, 0) is 19.6 Å². The molecule has 10 nitrogen and oxygen atoms in total. The van der Waals surface area contributed by atoms with E-state index in [4.69, 9.17) is 14.2 Å². The number of anilines is 1. The number of carbonyl (C=O) groups is 3. The van der Waals surface area contributed by atoms with E-state index >= 15 is 0 Å². The summed E-state index contributed by atoms with van der Waals surface area (Å²) in [4.78, 5) is 37.0. The minimum Gasteiger partial charge on any atom is -0.493 e. The fourth-order valence-corrected chi connectivity index (χ4v) is 4.70. The van der Waals surface area contributed by atoms with Gasteiger partial charge in [0.1, 0.15) is 4.90 Å². The van der Waals surface area contributed by atoms with E-state index in [2.05, 4.69) is 5.32 Å². The fourth-order valence-electron chi connectivity index (χ4n) is 3.13. The van der Waals surface area contributed by atoms with Gasteiger partial charge in [0.15, 0.2) is 11.5 Å². The van der Waals surface area contributed by atoms with Crippen LogP contribution in [0, 0.1) is 0 Å². The highest BCUT2D eigenvalue weighted by molar-refractivity contribution is 7.90. The molecule has 0 bridgehead atoms. The lowest BCUT2D eigenvalue weighted by Gasteiger charge is -2.16. The molecule has 0 aromatic heterocycles. The van der Waals surface area contributed by atoms with Crippen molar-refractivity contribution in [3.63, 3.8) is 0 Å². The Morgan fingerprint density at radius 2 is 1.68 bits per heavy atom. The molecule has 2 amide bonds. The van der Waals surface area contributed by atoms with Gasteiger partial charge in [-0.2, -0.15) is 0 Å².